The zero-order chi connectivity index (χ0) is 6.69. The van der Waals surface area contributed by atoms with Crippen molar-refractivity contribution in [2.24, 2.45) is 0 Å². The van der Waals surface area contributed by atoms with Crippen LogP contribution in [0.2, 0.25) is 0 Å². The van der Waals surface area contributed by atoms with Crippen molar-refractivity contribution in [3.8, 4) is 0 Å². The molecule has 0 fully saturated rings. The number of benzene rings is 1. The molecule has 0 saturated heterocycles. The van der Waals surface area contributed by atoms with E-state index in [9.17, 15) is 0 Å². The molecular weight excluding hydrogens is 258 g/mol. The average molecular weight is 270 g/mol. The molecule has 1 heteroatoms. The first-order valence-electron chi connectivity index (χ1n) is 3.27. The van der Waals surface area contributed by atoms with Gasteiger partial charge in [-0.2, -0.15) is 35.9 Å². The van der Waals surface area contributed by atoms with Gasteiger partial charge in [0.25, 0.3) is 0 Å². The van der Waals surface area contributed by atoms with E-state index in [1.165, 1.54) is 5.56 Å². The van der Waals surface area contributed by atoms with Crippen molar-refractivity contribution in [2.75, 3.05) is 0 Å². The second kappa shape index (κ2) is 5.24. The Bertz CT molecular complexity index is 167. The summed E-state index contributed by atoms with van der Waals surface area (Å²) >= 11 is 0. The topological polar surface area (TPSA) is 0 Å². The fourth-order valence-corrected chi connectivity index (χ4v) is 0.766. The fraction of sp³-hybridized carbons (Fsp3) is 0.333. The molecule has 1 rings (SSSR count). The van der Waals surface area contributed by atoms with E-state index in [1.54, 1.807) is 0 Å². The molecule has 0 N–H and O–H groups in total. The largest absolute Gasteiger partial charge is 0.180 e. The first-order chi connectivity index (χ1) is 4.30. The molecule has 0 unspecified atom stereocenters. The van der Waals surface area contributed by atoms with Crippen LogP contribution in [-0.2, 0) is 0 Å². The predicted octanol–water partition coefficient (Wildman–Crippen LogP) is 2.61. The second-order valence-corrected chi connectivity index (χ2v) is 2.47. The molecule has 1 aromatic carbocycles. The van der Waals surface area contributed by atoms with Gasteiger partial charge >= 0.3 is 0 Å². The van der Waals surface area contributed by atoms with Crippen molar-refractivity contribution in [1.29, 1.82) is 0 Å². The maximum Gasteiger partial charge on any atom is 0 e. The average Bonchev–Trinajstić information content (AvgIpc) is 1.90. The van der Waals surface area contributed by atoms with Crippen molar-refractivity contribution >= 4 is 0 Å². The summed E-state index contributed by atoms with van der Waals surface area (Å²) in [6.45, 7) is 4.34. The Balaban J connectivity index is 0.000000810. The third kappa shape index (κ3) is 3.10. The smallest absolute Gasteiger partial charge is 0 e. The molecule has 0 aliphatic rings. The summed E-state index contributed by atoms with van der Waals surface area (Å²) < 4.78 is 0. The van der Waals surface area contributed by atoms with E-state index in [0.717, 1.165) is 0 Å². The van der Waals surface area contributed by atoms with Gasteiger partial charge in [-0.3, -0.25) is 0 Å². The Morgan fingerprint density at radius 1 is 1.30 bits per heavy atom. The molecule has 0 heterocycles. The molecule has 0 bridgehead atoms. The van der Waals surface area contributed by atoms with Gasteiger partial charge < -0.3 is 0 Å². The predicted molar refractivity (Wildman–Crippen MR) is 39.4 cm³/mol. The molecule has 0 nitrogen and oxygen atoms in total. The van der Waals surface area contributed by atoms with Gasteiger partial charge in [0.2, 0.25) is 0 Å². The van der Waals surface area contributed by atoms with Crippen LogP contribution in [0.3, 0.4) is 0 Å². The van der Waals surface area contributed by atoms with E-state index in [-0.39, 0.29) is 40.4 Å². The number of hydrogen-bond acceptors (Lipinski definition) is 0. The minimum atomic E-state index is 0. The molecule has 0 saturated carbocycles. The second-order valence-electron chi connectivity index (χ2n) is 2.47. The molecule has 0 aromatic heterocycles. The van der Waals surface area contributed by atoms with Crippen molar-refractivity contribution < 1.29 is 40.4 Å². The molecule has 10 heavy (non-hydrogen) atoms. The van der Waals surface area contributed by atoms with Crippen LogP contribution in [0, 0.1) is 46.5 Å². The van der Waals surface area contributed by atoms with E-state index in [2.05, 4.69) is 26.0 Å². The zero-order valence-electron chi connectivity index (χ0n) is 6.29. The van der Waals surface area contributed by atoms with E-state index in [1.807, 2.05) is 18.2 Å². The number of hydrogen-bond donors (Lipinski definition) is 0. The molecule has 54 valence electrons. The monoisotopic (exact) mass is 271 g/mol. The first-order valence-corrected chi connectivity index (χ1v) is 3.27. The van der Waals surface area contributed by atoms with Crippen LogP contribution < -0.4 is 0 Å². The summed E-state index contributed by atoms with van der Waals surface area (Å²) in [5.41, 5.74) is 1.29. The van der Waals surface area contributed by atoms with Crippen LogP contribution in [0.1, 0.15) is 25.3 Å². The summed E-state index contributed by atoms with van der Waals surface area (Å²) in [7, 11) is 0. The van der Waals surface area contributed by atoms with Gasteiger partial charge in [-0.25, -0.2) is 0 Å². The van der Waals surface area contributed by atoms with Crippen LogP contribution >= 0.6 is 0 Å². The van der Waals surface area contributed by atoms with Gasteiger partial charge in [-0.15, -0.1) is 0 Å². The van der Waals surface area contributed by atoms with Gasteiger partial charge in [0.1, 0.15) is 0 Å². The molecule has 0 spiro atoms. The van der Waals surface area contributed by atoms with Crippen LogP contribution in [0.4, 0.5) is 0 Å². The minimum Gasteiger partial charge on any atom is -0.180 e. The van der Waals surface area contributed by atoms with Crippen LogP contribution in [0.15, 0.2) is 24.3 Å². The van der Waals surface area contributed by atoms with Crippen molar-refractivity contribution in [3.63, 3.8) is 0 Å². The van der Waals surface area contributed by atoms with E-state index in [0.29, 0.717) is 5.92 Å². The Kier molecular flexibility index (Phi) is 5.53. The van der Waals surface area contributed by atoms with Gasteiger partial charge in [0, 0.05) is 40.4 Å². The molecule has 0 radical (unpaired) electrons. The molecule has 1 aromatic rings. The van der Waals surface area contributed by atoms with Crippen LogP contribution in [-0.4, -0.2) is 0 Å². The zero-order valence-corrected chi connectivity index (χ0v) is 8.91. The molecular formula is C9H11Sm-. The van der Waals surface area contributed by atoms with E-state index >= 15 is 0 Å². The summed E-state index contributed by atoms with van der Waals surface area (Å²) in [6, 6.07) is 11.3. The Hall–Kier alpha value is 0.558. The standard InChI is InChI=1S/C9H11.Sm/c1-8(2)9-6-4-3-5-7-9;/h3-6,8H,1-2H3;/q-1;. The van der Waals surface area contributed by atoms with E-state index in [4.69, 9.17) is 0 Å². The Labute approximate surface area is 95.1 Å². The SMILES string of the molecule is CC(C)c1[c-]cccc1.[Sm]. The summed E-state index contributed by atoms with van der Waals surface area (Å²) in [6.07, 6.45) is 0. The molecule has 0 aliphatic heterocycles. The minimum absolute atomic E-state index is 0. The maximum absolute atomic E-state index is 3.17. The van der Waals surface area contributed by atoms with Crippen molar-refractivity contribution in [1.82, 2.24) is 0 Å². The first kappa shape index (κ1) is 10.6. The normalized spacial score (nSPS) is 9.10. The van der Waals surface area contributed by atoms with Crippen molar-refractivity contribution in [3.05, 3.63) is 35.9 Å². The van der Waals surface area contributed by atoms with Gasteiger partial charge in [0.15, 0.2) is 0 Å². The summed E-state index contributed by atoms with van der Waals surface area (Å²) in [5.74, 6) is 0.603. The van der Waals surface area contributed by atoms with Gasteiger partial charge in [-0.05, 0) is 5.92 Å². The van der Waals surface area contributed by atoms with Crippen LogP contribution in [0.25, 0.3) is 0 Å². The third-order valence-corrected chi connectivity index (χ3v) is 1.36. The maximum atomic E-state index is 3.17. The summed E-state index contributed by atoms with van der Waals surface area (Å²) in [4.78, 5) is 0. The quantitative estimate of drug-likeness (QED) is 0.688. The third-order valence-electron chi connectivity index (χ3n) is 1.36. The van der Waals surface area contributed by atoms with Gasteiger partial charge in [-0.1, -0.05) is 13.8 Å². The van der Waals surface area contributed by atoms with E-state index < -0.39 is 0 Å². The summed E-state index contributed by atoms with van der Waals surface area (Å²) in [5, 5.41) is 0. The number of rotatable bonds is 1. The van der Waals surface area contributed by atoms with Crippen LogP contribution in [0.5, 0.6) is 0 Å². The molecule has 0 atom stereocenters. The molecule has 0 amide bonds. The fourth-order valence-electron chi connectivity index (χ4n) is 0.766. The Morgan fingerprint density at radius 3 is 2.30 bits per heavy atom. The molecule has 0 aliphatic carbocycles. The van der Waals surface area contributed by atoms with Crippen molar-refractivity contribution in [2.45, 2.75) is 19.8 Å². The Morgan fingerprint density at radius 2 is 2.00 bits per heavy atom. The van der Waals surface area contributed by atoms with Gasteiger partial charge in [0.05, 0.1) is 0 Å².